The van der Waals surface area contributed by atoms with Gasteiger partial charge in [0.05, 0.1) is 0 Å². The van der Waals surface area contributed by atoms with Crippen LogP contribution in [-0.2, 0) is 11.2 Å². The number of carbonyl (C=O) groups excluding carboxylic acids is 1. The van der Waals surface area contributed by atoms with Crippen LogP contribution in [0.1, 0.15) is 34.0 Å². The highest BCUT2D eigenvalue weighted by Crippen LogP contribution is 2.31. The van der Waals surface area contributed by atoms with Crippen LogP contribution in [-0.4, -0.2) is 23.3 Å². The third kappa shape index (κ3) is 5.03. The van der Waals surface area contributed by atoms with E-state index >= 15 is 0 Å². The zero-order valence-corrected chi connectivity index (χ0v) is 16.2. The van der Waals surface area contributed by atoms with E-state index in [1.807, 2.05) is 53.9 Å². The molecule has 28 heavy (non-hydrogen) atoms. The molecule has 0 saturated carbocycles. The van der Waals surface area contributed by atoms with Gasteiger partial charge in [0.15, 0.2) is 0 Å². The number of benzene rings is 2. The van der Waals surface area contributed by atoms with Crippen molar-refractivity contribution in [3.05, 3.63) is 81.8 Å². The number of amidine groups is 1. The molecule has 1 aromatic heterocycles. The van der Waals surface area contributed by atoms with Crippen molar-refractivity contribution in [1.29, 1.82) is 5.41 Å². The largest absolute Gasteiger partial charge is 0.384 e. The van der Waals surface area contributed by atoms with Crippen molar-refractivity contribution in [1.82, 2.24) is 4.98 Å². The molecule has 1 atom stereocenters. The molecule has 0 spiro atoms. The first-order chi connectivity index (χ1) is 13.6. The zero-order valence-electron chi connectivity index (χ0n) is 15.4. The Hall–Kier alpha value is -3.03. The van der Waals surface area contributed by atoms with Crippen molar-refractivity contribution < 1.29 is 4.79 Å². The van der Waals surface area contributed by atoms with Crippen molar-refractivity contribution >= 4 is 28.8 Å². The fraction of sp³-hybridized carbons (Fsp3) is 0.190. The number of carbonyl (C=O) groups is 1. The molecule has 6 N–H and O–H groups in total. The van der Waals surface area contributed by atoms with E-state index in [4.69, 9.17) is 16.9 Å². The summed E-state index contributed by atoms with van der Waals surface area (Å²) in [6.07, 6.45) is 2.80. The van der Waals surface area contributed by atoms with Crippen molar-refractivity contribution in [2.24, 2.45) is 11.5 Å². The molecule has 0 fully saturated rings. The number of nitrogens with one attached hydrogen (secondary N) is 2. The van der Waals surface area contributed by atoms with Crippen LogP contribution in [0.25, 0.3) is 0 Å². The number of thiazole rings is 1. The van der Waals surface area contributed by atoms with Gasteiger partial charge >= 0.3 is 0 Å². The lowest BCUT2D eigenvalue weighted by Gasteiger charge is -2.17. The molecule has 0 radical (unpaired) electrons. The summed E-state index contributed by atoms with van der Waals surface area (Å²) in [5.74, 6) is -0.00885. The van der Waals surface area contributed by atoms with Crippen LogP contribution in [0.2, 0.25) is 0 Å². The maximum Gasteiger partial charge on any atom is 0.225 e. The Kier molecular flexibility index (Phi) is 6.52. The SMILES string of the molecule is N=C(N)c1cccc(CC(c2cccc(NC(=O)CCN)c2)c2nccs2)c1. The smallest absolute Gasteiger partial charge is 0.225 e. The predicted octanol–water partition coefficient (Wildman–Crippen LogP) is 3.09. The molecule has 0 aliphatic heterocycles. The van der Waals surface area contributed by atoms with Gasteiger partial charge in [0.2, 0.25) is 5.91 Å². The molecule has 0 saturated heterocycles. The molecule has 0 aliphatic rings. The Morgan fingerprint density at radius 2 is 2.04 bits per heavy atom. The molecule has 0 aliphatic carbocycles. The van der Waals surface area contributed by atoms with Crippen LogP contribution >= 0.6 is 11.3 Å². The molecule has 144 valence electrons. The van der Waals surface area contributed by atoms with Crippen LogP contribution in [0, 0.1) is 5.41 Å². The summed E-state index contributed by atoms with van der Waals surface area (Å²) in [6.45, 7) is 0.319. The van der Waals surface area contributed by atoms with Crippen molar-refractivity contribution in [2.75, 3.05) is 11.9 Å². The summed E-state index contributed by atoms with van der Waals surface area (Å²) in [7, 11) is 0. The normalized spacial score (nSPS) is 11.8. The Morgan fingerprint density at radius 1 is 1.21 bits per heavy atom. The van der Waals surface area contributed by atoms with Gasteiger partial charge in [-0.2, -0.15) is 0 Å². The topological polar surface area (TPSA) is 118 Å². The third-order valence-electron chi connectivity index (χ3n) is 4.37. The maximum absolute atomic E-state index is 11.9. The third-order valence-corrected chi connectivity index (χ3v) is 5.26. The van der Waals surface area contributed by atoms with Crippen LogP contribution < -0.4 is 16.8 Å². The second kappa shape index (κ2) is 9.25. The average Bonchev–Trinajstić information content (AvgIpc) is 3.21. The number of amides is 1. The lowest BCUT2D eigenvalue weighted by atomic mass is 9.91. The molecule has 2 aromatic carbocycles. The summed E-state index contributed by atoms with van der Waals surface area (Å²) in [5.41, 5.74) is 14.7. The number of nitrogens with two attached hydrogens (primary N) is 2. The van der Waals surface area contributed by atoms with E-state index in [-0.39, 0.29) is 24.1 Å². The van der Waals surface area contributed by atoms with Gasteiger partial charge in [0.25, 0.3) is 0 Å². The van der Waals surface area contributed by atoms with E-state index in [0.29, 0.717) is 12.1 Å². The van der Waals surface area contributed by atoms with Gasteiger partial charge in [-0.25, -0.2) is 4.98 Å². The number of hydrogen-bond acceptors (Lipinski definition) is 5. The highest BCUT2D eigenvalue weighted by Gasteiger charge is 2.18. The van der Waals surface area contributed by atoms with Crippen LogP contribution in [0.15, 0.2) is 60.1 Å². The Bertz CT molecular complexity index is 955. The van der Waals surface area contributed by atoms with Crippen molar-refractivity contribution in [2.45, 2.75) is 18.8 Å². The highest BCUT2D eigenvalue weighted by atomic mass is 32.1. The lowest BCUT2D eigenvalue weighted by molar-refractivity contribution is -0.116. The first-order valence-corrected chi connectivity index (χ1v) is 9.87. The highest BCUT2D eigenvalue weighted by molar-refractivity contribution is 7.09. The van der Waals surface area contributed by atoms with Crippen molar-refractivity contribution in [3.8, 4) is 0 Å². The molecule has 0 bridgehead atoms. The summed E-state index contributed by atoms with van der Waals surface area (Å²) < 4.78 is 0. The monoisotopic (exact) mass is 393 g/mol. The quantitative estimate of drug-likeness (QED) is 0.347. The van der Waals surface area contributed by atoms with E-state index in [1.54, 1.807) is 17.5 Å². The minimum Gasteiger partial charge on any atom is -0.384 e. The summed E-state index contributed by atoms with van der Waals surface area (Å²) in [4.78, 5) is 16.4. The second-order valence-electron chi connectivity index (χ2n) is 6.45. The number of anilines is 1. The van der Waals surface area contributed by atoms with E-state index in [1.165, 1.54) is 0 Å². The van der Waals surface area contributed by atoms with Gasteiger partial charge in [-0.3, -0.25) is 10.2 Å². The summed E-state index contributed by atoms with van der Waals surface area (Å²) >= 11 is 1.60. The van der Waals surface area contributed by atoms with Gasteiger partial charge in [0.1, 0.15) is 10.8 Å². The number of nitrogens with zero attached hydrogens (tertiary/aromatic N) is 1. The summed E-state index contributed by atoms with van der Waals surface area (Å²) in [5, 5.41) is 13.5. The zero-order chi connectivity index (χ0) is 19.9. The van der Waals surface area contributed by atoms with Crippen LogP contribution in [0.3, 0.4) is 0 Å². The van der Waals surface area contributed by atoms with Crippen LogP contribution in [0.4, 0.5) is 5.69 Å². The molecular weight excluding hydrogens is 370 g/mol. The minimum absolute atomic E-state index is 0.0357. The maximum atomic E-state index is 11.9. The van der Waals surface area contributed by atoms with E-state index in [9.17, 15) is 4.79 Å². The van der Waals surface area contributed by atoms with Gasteiger partial charge in [0, 0.05) is 41.7 Å². The predicted molar refractivity (Wildman–Crippen MR) is 114 cm³/mol. The Balaban J connectivity index is 1.90. The standard InChI is InChI=1S/C21H23N5OS/c22-8-7-19(27)26-17-6-2-4-15(13-17)18(21-25-9-10-28-21)12-14-3-1-5-16(11-14)20(23)24/h1-6,9-11,13,18H,7-8,12,22H2,(H3,23,24)(H,26,27). The molecule has 1 amide bonds. The number of nitrogen functional groups attached to an aromatic ring is 1. The number of rotatable bonds is 8. The first-order valence-electron chi connectivity index (χ1n) is 8.99. The van der Waals surface area contributed by atoms with Crippen LogP contribution in [0.5, 0.6) is 0 Å². The lowest BCUT2D eigenvalue weighted by Crippen LogP contribution is -2.16. The van der Waals surface area contributed by atoms with E-state index < -0.39 is 0 Å². The molecule has 3 rings (SSSR count). The Labute approximate surface area is 168 Å². The van der Waals surface area contributed by atoms with Gasteiger partial charge in [-0.15, -0.1) is 11.3 Å². The van der Waals surface area contributed by atoms with E-state index in [0.717, 1.165) is 28.2 Å². The van der Waals surface area contributed by atoms with Crippen molar-refractivity contribution in [3.63, 3.8) is 0 Å². The first kappa shape index (κ1) is 19.7. The fourth-order valence-electron chi connectivity index (χ4n) is 3.04. The number of aromatic nitrogens is 1. The van der Waals surface area contributed by atoms with Gasteiger partial charge < -0.3 is 16.8 Å². The average molecular weight is 394 g/mol. The molecular formula is C21H23N5OS. The summed E-state index contributed by atoms with van der Waals surface area (Å²) in [6, 6.07) is 15.5. The van der Waals surface area contributed by atoms with Gasteiger partial charge in [-0.1, -0.05) is 30.3 Å². The fourth-order valence-corrected chi connectivity index (χ4v) is 3.81. The number of hydrogen-bond donors (Lipinski definition) is 4. The second-order valence-corrected chi connectivity index (χ2v) is 7.38. The van der Waals surface area contributed by atoms with E-state index in [2.05, 4.69) is 10.3 Å². The minimum atomic E-state index is -0.0976. The molecule has 3 aromatic rings. The molecule has 1 unspecified atom stereocenters. The molecule has 1 heterocycles. The molecule has 6 nitrogen and oxygen atoms in total. The van der Waals surface area contributed by atoms with Gasteiger partial charge in [-0.05, 0) is 35.7 Å². The Morgan fingerprint density at radius 3 is 2.75 bits per heavy atom. The molecule has 7 heteroatoms.